The standard InChI is InChI=1S/C26H24N8O8/c35-23-19-21(41-13-39-19)25(37)33-29-11-17-5-2-6-18(8-17)12-30-34-26(38)22-20(40-14-42-22)24(36)32-28-10-16-4-1-3-15(7-16)9-27-31-23/h1-12,19-22H,13-14H2,(H,31,35)(H,32,36)(H,33,37)(H,34,38)/b27-9-,28-10+,29-11+,30-12-/t19-,20-,21-,22-/m1/s1. The highest BCUT2D eigenvalue weighted by Gasteiger charge is 2.41. The highest BCUT2D eigenvalue weighted by molar-refractivity contribution is 5.94. The van der Waals surface area contributed by atoms with Crippen LogP contribution in [0.5, 0.6) is 0 Å². The van der Waals surface area contributed by atoms with E-state index >= 15 is 0 Å². The monoisotopic (exact) mass is 576 g/mol. The predicted octanol–water partition coefficient (Wildman–Crippen LogP) is -1.32. The molecule has 5 rings (SSSR count). The molecule has 0 unspecified atom stereocenters. The summed E-state index contributed by atoms with van der Waals surface area (Å²) in [4.78, 5) is 50.4. The maximum Gasteiger partial charge on any atom is 0.272 e. The van der Waals surface area contributed by atoms with Gasteiger partial charge in [-0.25, -0.2) is 21.7 Å². The van der Waals surface area contributed by atoms with Gasteiger partial charge in [-0.3, -0.25) is 19.2 Å². The van der Waals surface area contributed by atoms with Crippen molar-refractivity contribution in [1.82, 2.24) is 21.7 Å². The summed E-state index contributed by atoms with van der Waals surface area (Å²) >= 11 is 0. The van der Waals surface area contributed by atoms with Crippen LogP contribution in [0.3, 0.4) is 0 Å². The third kappa shape index (κ3) is 7.12. The molecule has 0 saturated carbocycles. The Morgan fingerprint density at radius 3 is 1.00 bits per heavy atom. The van der Waals surface area contributed by atoms with Gasteiger partial charge in [0, 0.05) is 0 Å². The summed E-state index contributed by atoms with van der Waals surface area (Å²) in [5, 5.41) is 15.7. The van der Waals surface area contributed by atoms with Gasteiger partial charge in [-0.05, 0) is 34.4 Å². The van der Waals surface area contributed by atoms with Gasteiger partial charge in [0.1, 0.15) is 13.6 Å². The number of carbonyl (C=O) groups excluding carboxylic acids is 4. The Morgan fingerprint density at radius 1 is 0.476 bits per heavy atom. The van der Waals surface area contributed by atoms with Gasteiger partial charge in [0.25, 0.3) is 23.6 Å². The second-order valence-corrected chi connectivity index (χ2v) is 8.86. The number of nitrogens with one attached hydrogen (secondary N) is 4. The number of benzene rings is 2. The number of hydrazone groups is 4. The summed E-state index contributed by atoms with van der Waals surface area (Å²) < 4.78 is 21.1. The number of carbonyl (C=O) groups is 4. The summed E-state index contributed by atoms with van der Waals surface area (Å²) in [5.41, 5.74) is 11.7. The van der Waals surface area contributed by atoms with Gasteiger partial charge in [0.05, 0.1) is 24.9 Å². The number of rotatable bonds is 0. The molecule has 3 aliphatic heterocycles. The minimum Gasteiger partial charge on any atom is -0.339 e. The van der Waals surface area contributed by atoms with E-state index < -0.39 is 48.0 Å². The molecule has 2 aromatic carbocycles. The lowest BCUT2D eigenvalue weighted by Gasteiger charge is -2.13. The van der Waals surface area contributed by atoms with Crippen LogP contribution in [0.15, 0.2) is 68.9 Å². The van der Waals surface area contributed by atoms with Gasteiger partial charge < -0.3 is 18.9 Å². The van der Waals surface area contributed by atoms with Gasteiger partial charge in [0.2, 0.25) is 0 Å². The lowest BCUT2D eigenvalue weighted by Crippen LogP contribution is -2.45. The first-order valence-corrected chi connectivity index (χ1v) is 12.5. The van der Waals surface area contributed by atoms with Crippen LogP contribution in [0.4, 0.5) is 0 Å². The van der Waals surface area contributed by atoms with E-state index in [9.17, 15) is 19.2 Å². The average molecular weight is 577 g/mol. The molecule has 2 aromatic rings. The Labute approximate surface area is 237 Å². The molecule has 3 heterocycles. The lowest BCUT2D eigenvalue weighted by molar-refractivity contribution is -0.137. The van der Waals surface area contributed by atoms with E-state index in [1.807, 2.05) is 0 Å². The summed E-state index contributed by atoms with van der Waals surface area (Å²) in [7, 11) is 0. The normalized spacial score (nSPS) is 28.2. The summed E-state index contributed by atoms with van der Waals surface area (Å²) in [6.45, 7) is -0.529. The van der Waals surface area contributed by atoms with Gasteiger partial charge >= 0.3 is 0 Å². The van der Waals surface area contributed by atoms with E-state index in [2.05, 4.69) is 42.1 Å². The van der Waals surface area contributed by atoms with E-state index in [1.54, 1.807) is 48.5 Å². The summed E-state index contributed by atoms with van der Waals surface area (Å²) in [5.74, 6) is -2.76. The van der Waals surface area contributed by atoms with E-state index in [4.69, 9.17) is 18.9 Å². The third-order valence-corrected chi connectivity index (χ3v) is 5.95. The van der Waals surface area contributed by atoms with Gasteiger partial charge in [-0.1, -0.05) is 36.4 Å². The molecular formula is C26H24N8O8. The number of hydrogen-bond acceptors (Lipinski definition) is 12. The maximum atomic E-state index is 12.6. The molecule has 4 N–H and O–H groups in total. The van der Waals surface area contributed by atoms with Crippen LogP contribution in [0, 0.1) is 0 Å². The number of fused-ring (bicyclic) bond motifs is 6. The topological polar surface area (TPSA) is 203 Å². The Bertz CT molecular complexity index is 1270. The molecule has 0 radical (unpaired) electrons. The summed E-state index contributed by atoms with van der Waals surface area (Å²) in [6, 6.07) is 13.6. The van der Waals surface area contributed by atoms with Gasteiger partial charge in [-0.2, -0.15) is 20.4 Å². The Morgan fingerprint density at radius 2 is 0.738 bits per heavy atom. The van der Waals surface area contributed by atoms with Crippen molar-refractivity contribution in [2.75, 3.05) is 13.6 Å². The Balaban J connectivity index is 1.36. The summed E-state index contributed by atoms with van der Waals surface area (Å²) in [6.07, 6.45) is 0.492. The number of nitrogens with zero attached hydrogens (tertiary/aromatic N) is 4. The van der Waals surface area contributed by atoms with Gasteiger partial charge in [-0.15, -0.1) is 0 Å². The molecule has 0 aliphatic carbocycles. The molecule has 3 aliphatic rings. The number of amides is 4. The zero-order chi connectivity index (χ0) is 29.3. The van der Waals surface area contributed by atoms with Crippen LogP contribution in [0.1, 0.15) is 22.3 Å². The fourth-order valence-electron chi connectivity index (χ4n) is 3.95. The van der Waals surface area contributed by atoms with E-state index in [1.165, 1.54) is 24.9 Å². The van der Waals surface area contributed by atoms with Gasteiger partial charge in [0.15, 0.2) is 24.4 Å². The second-order valence-electron chi connectivity index (χ2n) is 8.86. The largest absolute Gasteiger partial charge is 0.339 e. The van der Waals surface area contributed by atoms with Crippen molar-refractivity contribution in [2.45, 2.75) is 24.4 Å². The smallest absolute Gasteiger partial charge is 0.272 e. The highest BCUT2D eigenvalue weighted by atomic mass is 16.7. The molecule has 216 valence electrons. The Kier molecular flexibility index (Phi) is 9.10. The first-order valence-electron chi connectivity index (χ1n) is 12.5. The zero-order valence-electron chi connectivity index (χ0n) is 21.7. The number of ether oxygens (including phenoxy) is 4. The van der Waals surface area contributed by atoms with Crippen LogP contribution in [0.2, 0.25) is 0 Å². The van der Waals surface area contributed by atoms with Crippen LogP contribution < -0.4 is 21.7 Å². The first-order chi connectivity index (χ1) is 20.5. The van der Waals surface area contributed by atoms with E-state index in [0.29, 0.717) is 22.3 Å². The molecular weight excluding hydrogens is 552 g/mol. The molecule has 16 heteroatoms. The SMILES string of the molecule is O=C1N/N=C\c2cccc(c2)/C=N/NC(=O)[C@@H]2OCO[C@H]2C(=O)N/N=C\c2cccc(c2)/C=N/NC(=O)[C@@H]2OCO[C@@H]12. The molecule has 4 atom stereocenters. The quantitative estimate of drug-likeness (QED) is 0.296. The maximum absolute atomic E-state index is 12.6. The van der Waals surface area contributed by atoms with Crippen LogP contribution in [-0.4, -0.2) is 86.5 Å². The van der Waals surface area contributed by atoms with Crippen molar-refractivity contribution in [3.8, 4) is 0 Å². The van der Waals surface area contributed by atoms with Crippen molar-refractivity contribution in [3.05, 3.63) is 70.8 Å². The minimum atomic E-state index is -1.25. The van der Waals surface area contributed by atoms with Crippen molar-refractivity contribution >= 4 is 48.5 Å². The van der Waals surface area contributed by atoms with Crippen LogP contribution in [0.25, 0.3) is 0 Å². The molecule has 0 spiro atoms. The van der Waals surface area contributed by atoms with E-state index in [-0.39, 0.29) is 13.6 Å². The first kappa shape index (κ1) is 28.4. The second kappa shape index (κ2) is 13.5. The van der Waals surface area contributed by atoms with Crippen molar-refractivity contribution in [2.24, 2.45) is 20.4 Å². The molecule has 16 nitrogen and oxygen atoms in total. The number of hydrogen-bond donors (Lipinski definition) is 4. The van der Waals surface area contributed by atoms with Crippen molar-refractivity contribution in [1.29, 1.82) is 0 Å². The van der Waals surface area contributed by atoms with Crippen molar-refractivity contribution < 1.29 is 38.1 Å². The fraction of sp³-hybridized carbons (Fsp3) is 0.231. The lowest BCUT2D eigenvalue weighted by atomic mass is 10.1. The van der Waals surface area contributed by atoms with Crippen LogP contribution in [-0.2, 0) is 38.1 Å². The average Bonchev–Trinajstić information content (AvgIpc) is 3.68. The molecule has 2 fully saturated rings. The Hall–Kier alpha value is -5.16. The fourth-order valence-corrected chi connectivity index (χ4v) is 3.95. The molecule has 2 saturated heterocycles. The molecule has 4 bridgehead atoms. The molecule has 0 aromatic heterocycles. The highest BCUT2D eigenvalue weighted by Crippen LogP contribution is 2.15. The predicted molar refractivity (Wildman–Crippen MR) is 145 cm³/mol. The molecule has 42 heavy (non-hydrogen) atoms. The van der Waals surface area contributed by atoms with Crippen LogP contribution >= 0.6 is 0 Å². The molecule has 4 amide bonds. The third-order valence-electron chi connectivity index (χ3n) is 5.95. The zero-order valence-corrected chi connectivity index (χ0v) is 21.7. The van der Waals surface area contributed by atoms with E-state index in [0.717, 1.165) is 0 Å². The van der Waals surface area contributed by atoms with Crippen molar-refractivity contribution in [3.63, 3.8) is 0 Å². The minimum absolute atomic E-state index is 0.265.